The molecule has 18 heteroatoms. The van der Waals surface area contributed by atoms with Gasteiger partial charge in [-0.25, -0.2) is 9.59 Å². The van der Waals surface area contributed by atoms with E-state index in [1.165, 1.54) is 13.8 Å². The van der Waals surface area contributed by atoms with Gasteiger partial charge in [-0.1, -0.05) is 102 Å². The molecule has 2 N–H and O–H groups in total. The SMILES string of the molecule is CCCCCC(OC(=O)C[N+](C)(C)CCOC(C)=O)C(O)CC=CCCCCCCCC(=O)OCCCCCCOC(=O)CCCCCCCC=CCC(O)C(CCCCC)OC(=O)C[N+](C)(C)CCOC(C)=O.[Cl-].[Cl-]. The summed E-state index contributed by atoms with van der Waals surface area (Å²) in [5.74, 6) is -1.75. The number of allylic oxidation sites excluding steroid dienone is 2. The number of carbonyl (C=O) groups excluding carboxylic acids is 6. The van der Waals surface area contributed by atoms with Crippen molar-refractivity contribution >= 4 is 35.8 Å². The zero-order valence-corrected chi connectivity index (χ0v) is 50.0. The maximum atomic E-state index is 12.8. The molecule has 0 aromatic carbocycles. The molecule has 4 atom stereocenters. The van der Waals surface area contributed by atoms with Crippen molar-refractivity contribution < 1.29 is 101 Å². The smallest absolute Gasteiger partial charge is 0.362 e. The van der Waals surface area contributed by atoms with E-state index in [2.05, 4.69) is 26.0 Å². The highest BCUT2D eigenvalue weighted by atomic mass is 35.5. The van der Waals surface area contributed by atoms with Crippen LogP contribution in [0.3, 0.4) is 0 Å². The number of nitrogens with zero attached hydrogens (tertiary/aromatic N) is 2. The van der Waals surface area contributed by atoms with Gasteiger partial charge < -0.3 is 72.4 Å². The van der Waals surface area contributed by atoms with Gasteiger partial charge in [-0.2, -0.15) is 0 Å². The fraction of sp³-hybridized carbons (Fsp3) is 0.828. The van der Waals surface area contributed by atoms with Gasteiger partial charge in [0.15, 0.2) is 13.1 Å². The van der Waals surface area contributed by atoms with Crippen LogP contribution < -0.4 is 24.8 Å². The first-order valence-electron chi connectivity index (χ1n) is 28.6. The Morgan fingerprint density at radius 2 is 0.763 bits per heavy atom. The minimum Gasteiger partial charge on any atom is -1.00 e. The Bertz CT molecular complexity index is 1450. The molecule has 0 aromatic rings. The third-order valence-corrected chi connectivity index (χ3v) is 12.9. The molecule has 0 radical (unpaired) electrons. The van der Waals surface area contributed by atoms with Crippen molar-refractivity contribution in [1.29, 1.82) is 0 Å². The first-order valence-corrected chi connectivity index (χ1v) is 28.6. The van der Waals surface area contributed by atoms with E-state index < -0.39 is 24.4 Å². The molecule has 0 heterocycles. The van der Waals surface area contributed by atoms with E-state index in [0.717, 1.165) is 141 Å². The maximum Gasteiger partial charge on any atom is 0.362 e. The molecule has 0 aliphatic heterocycles. The molecule has 0 saturated heterocycles. The number of carbonyl (C=O) groups is 6. The van der Waals surface area contributed by atoms with E-state index in [1.54, 1.807) is 0 Å². The van der Waals surface area contributed by atoms with Crippen LogP contribution in [-0.2, 0) is 57.2 Å². The van der Waals surface area contributed by atoms with E-state index in [9.17, 15) is 39.0 Å². The van der Waals surface area contributed by atoms with Gasteiger partial charge in [-0.15, -0.1) is 0 Å². The zero-order valence-electron chi connectivity index (χ0n) is 48.5. The van der Waals surface area contributed by atoms with Crippen molar-refractivity contribution in [3.8, 4) is 0 Å². The molecule has 0 aromatic heterocycles. The lowest BCUT2D eigenvalue weighted by atomic mass is 10.0. The van der Waals surface area contributed by atoms with Crippen molar-refractivity contribution in [2.45, 2.75) is 232 Å². The van der Waals surface area contributed by atoms with Gasteiger partial charge in [0, 0.05) is 26.7 Å². The average Bonchev–Trinajstić information content (AvgIpc) is 3.32. The van der Waals surface area contributed by atoms with E-state index in [1.807, 2.05) is 40.3 Å². The van der Waals surface area contributed by atoms with Crippen molar-refractivity contribution in [2.24, 2.45) is 0 Å². The van der Waals surface area contributed by atoms with Gasteiger partial charge >= 0.3 is 35.8 Å². The van der Waals surface area contributed by atoms with E-state index in [0.29, 0.717) is 73.8 Å². The second-order valence-corrected chi connectivity index (χ2v) is 21.4. The molecule has 16 nitrogen and oxygen atoms in total. The van der Waals surface area contributed by atoms with Crippen LogP contribution in [0.4, 0.5) is 0 Å². The normalized spacial score (nSPS) is 13.2. The van der Waals surface area contributed by atoms with Crippen molar-refractivity contribution in [2.75, 3.05) is 80.8 Å². The fourth-order valence-electron chi connectivity index (χ4n) is 8.20. The number of likely N-dealkylation sites (N-methyl/N-ethyl adjacent to an activating group) is 2. The van der Waals surface area contributed by atoms with E-state index in [-0.39, 0.29) is 86.9 Å². The van der Waals surface area contributed by atoms with E-state index in [4.69, 9.17) is 28.4 Å². The molecule has 0 aliphatic rings. The summed E-state index contributed by atoms with van der Waals surface area (Å²) in [6.07, 6.45) is 29.2. The van der Waals surface area contributed by atoms with Crippen LogP contribution in [0.2, 0.25) is 0 Å². The molecule has 446 valence electrons. The van der Waals surface area contributed by atoms with Crippen LogP contribution in [0.1, 0.15) is 207 Å². The predicted molar refractivity (Wildman–Crippen MR) is 290 cm³/mol. The number of unbranched alkanes of at least 4 members (excludes halogenated alkanes) is 17. The van der Waals surface area contributed by atoms with Crippen molar-refractivity contribution in [3.05, 3.63) is 24.3 Å². The summed E-state index contributed by atoms with van der Waals surface area (Å²) in [6.45, 7) is 9.43. The van der Waals surface area contributed by atoms with Crippen LogP contribution in [0.25, 0.3) is 0 Å². The molecule has 76 heavy (non-hydrogen) atoms. The monoisotopic (exact) mass is 1120 g/mol. The summed E-state index contributed by atoms with van der Waals surface area (Å²) in [6, 6.07) is 0. The first-order chi connectivity index (χ1) is 35.3. The highest BCUT2D eigenvalue weighted by Gasteiger charge is 2.29. The number of rotatable bonds is 49. The second-order valence-electron chi connectivity index (χ2n) is 21.4. The molecule has 0 spiro atoms. The molecule has 0 rings (SSSR count). The van der Waals surface area contributed by atoms with Crippen LogP contribution in [-0.4, -0.2) is 160 Å². The molecule has 0 amide bonds. The summed E-state index contributed by atoms with van der Waals surface area (Å²) >= 11 is 0. The van der Waals surface area contributed by atoms with Gasteiger partial charge in [0.05, 0.1) is 53.6 Å². The molecular formula is C58H106Cl2N2O14. The van der Waals surface area contributed by atoms with Gasteiger partial charge in [0.1, 0.15) is 38.5 Å². The van der Waals surface area contributed by atoms with Crippen LogP contribution in [0.5, 0.6) is 0 Å². The van der Waals surface area contributed by atoms with Crippen LogP contribution in [0.15, 0.2) is 24.3 Å². The number of ether oxygens (including phenoxy) is 6. The van der Waals surface area contributed by atoms with Gasteiger partial charge in [0.25, 0.3) is 0 Å². The lowest BCUT2D eigenvalue weighted by Gasteiger charge is -2.30. The predicted octanol–water partition coefficient (Wildman–Crippen LogP) is 3.98. The fourth-order valence-corrected chi connectivity index (χ4v) is 8.20. The molecule has 0 bridgehead atoms. The Balaban J connectivity index is -0.0000266. The lowest BCUT2D eigenvalue weighted by Crippen LogP contribution is -3.00. The largest absolute Gasteiger partial charge is 1.00 e. The zero-order chi connectivity index (χ0) is 55.3. The summed E-state index contributed by atoms with van der Waals surface area (Å²) in [7, 11) is 7.52. The number of halogens is 2. The average molecular weight is 1130 g/mol. The topological polar surface area (TPSA) is 198 Å². The lowest BCUT2D eigenvalue weighted by molar-refractivity contribution is -0.883. The van der Waals surface area contributed by atoms with Gasteiger partial charge in [0.2, 0.25) is 0 Å². The highest BCUT2D eigenvalue weighted by Crippen LogP contribution is 2.18. The summed E-state index contributed by atoms with van der Waals surface area (Å²) in [5.41, 5.74) is 0. The minimum atomic E-state index is -0.774. The first kappa shape index (κ1) is 77.0. The summed E-state index contributed by atoms with van der Waals surface area (Å²) < 4.78 is 33.0. The van der Waals surface area contributed by atoms with Crippen molar-refractivity contribution in [3.63, 3.8) is 0 Å². The Morgan fingerprint density at radius 3 is 1.12 bits per heavy atom. The quantitative estimate of drug-likeness (QED) is 0.0292. The van der Waals surface area contributed by atoms with E-state index >= 15 is 0 Å². The molecule has 0 aliphatic carbocycles. The maximum absolute atomic E-state index is 12.8. The van der Waals surface area contributed by atoms with Gasteiger partial charge in [-0.3, -0.25) is 19.2 Å². The Kier molecular flexibility index (Phi) is 50.6. The number of aliphatic hydroxyl groups excluding tert-OH is 2. The minimum absolute atomic E-state index is 0. The third-order valence-electron chi connectivity index (χ3n) is 12.9. The summed E-state index contributed by atoms with van der Waals surface area (Å²) in [4.78, 5) is 72.1. The number of hydrogen-bond acceptors (Lipinski definition) is 14. The molecule has 4 unspecified atom stereocenters. The number of quaternary nitrogens is 2. The van der Waals surface area contributed by atoms with Crippen LogP contribution in [0, 0.1) is 0 Å². The summed E-state index contributed by atoms with van der Waals surface area (Å²) in [5, 5.41) is 21.8. The highest BCUT2D eigenvalue weighted by molar-refractivity contribution is 5.71. The van der Waals surface area contributed by atoms with Gasteiger partial charge in [-0.05, 0) is 103 Å². The number of esters is 6. The Labute approximate surface area is 472 Å². The van der Waals surface area contributed by atoms with Crippen LogP contribution >= 0.6 is 0 Å². The molecule has 0 saturated carbocycles. The molecular weight excluding hydrogens is 1020 g/mol. The number of hydrogen-bond donors (Lipinski definition) is 2. The Morgan fingerprint density at radius 1 is 0.421 bits per heavy atom. The Hall–Kier alpha value is -3.28. The van der Waals surface area contributed by atoms with Crippen molar-refractivity contribution in [1.82, 2.24) is 0 Å². The molecule has 0 fully saturated rings. The third kappa shape index (κ3) is 49.0. The second kappa shape index (κ2) is 50.0. The standard InChI is InChI=1S/C58H106N2O14.2ClH/c1-9-11-27-37-53(73-57(67)47-59(5,6)41-45-69-49(3)61)51(63)35-29-21-17-13-15-19-23-31-39-55(65)71-43-33-25-26-34-44-72-56(66)40-32-24-20-16-14-18-22-30-36-52(64)54(38-28-12-10-2)74-58(68)48-60(7,8)42-46-70-50(4)62;;/h21-22,29-30,51-54,63-64H,9-20,23-28,31-48H2,1-8H3;2*1H/q+2;;/p-2. The number of aliphatic hydroxyl groups is 2.